The van der Waals surface area contributed by atoms with E-state index in [0.29, 0.717) is 28.1 Å². The molecule has 1 aromatic carbocycles. The molecular weight excluding hydrogens is 314 g/mol. The van der Waals surface area contributed by atoms with Crippen molar-refractivity contribution >= 4 is 33.3 Å². The smallest absolute Gasteiger partial charge is 0.262 e. The highest BCUT2D eigenvalue weighted by molar-refractivity contribution is 9.10. The summed E-state index contributed by atoms with van der Waals surface area (Å²) in [4.78, 5) is 23.5. The van der Waals surface area contributed by atoms with Crippen molar-refractivity contribution in [1.82, 2.24) is 0 Å². The molecule has 2 heterocycles. The van der Waals surface area contributed by atoms with Crippen molar-refractivity contribution in [2.75, 3.05) is 18.5 Å². The van der Waals surface area contributed by atoms with Crippen LogP contribution in [0.5, 0.6) is 5.75 Å². The largest absolute Gasteiger partial charge is 0.482 e. The Kier molecular flexibility index (Phi) is 3.28. The first-order chi connectivity index (χ1) is 9.15. The van der Waals surface area contributed by atoms with Crippen LogP contribution in [-0.4, -0.2) is 31.0 Å². The van der Waals surface area contributed by atoms with Crippen molar-refractivity contribution in [2.24, 2.45) is 0 Å². The average Bonchev–Trinajstić information content (AvgIpc) is 2.91. The van der Waals surface area contributed by atoms with Crippen molar-refractivity contribution in [1.29, 1.82) is 0 Å². The van der Waals surface area contributed by atoms with E-state index in [0.717, 1.165) is 12.8 Å². The van der Waals surface area contributed by atoms with Gasteiger partial charge in [-0.2, -0.15) is 0 Å². The number of Topliss-reactive ketones (excluding diaryl/α,β-unsaturated/α-hetero) is 1. The third-order valence-corrected chi connectivity index (χ3v) is 3.85. The standard InChI is InChI=1S/C13H12BrNO4/c14-8-5-9-11(19-6-12(16)15-9)4-7(8)13(17)10-2-1-3-18-10/h4-5,10H,1-3,6H2,(H,15,16). The molecule has 2 aliphatic rings. The lowest BCUT2D eigenvalue weighted by Gasteiger charge is -2.20. The van der Waals surface area contributed by atoms with Gasteiger partial charge in [-0.25, -0.2) is 0 Å². The number of carbonyl (C=O) groups is 2. The van der Waals surface area contributed by atoms with Crippen LogP contribution in [0.3, 0.4) is 0 Å². The van der Waals surface area contributed by atoms with Crippen LogP contribution in [0, 0.1) is 0 Å². The first-order valence-corrected chi connectivity index (χ1v) is 6.86. The number of nitrogens with one attached hydrogen (secondary N) is 1. The Bertz CT molecular complexity index is 552. The van der Waals surface area contributed by atoms with Crippen LogP contribution < -0.4 is 10.1 Å². The predicted molar refractivity (Wildman–Crippen MR) is 71.6 cm³/mol. The van der Waals surface area contributed by atoms with Gasteiger partial charge in [0.25, 0.3) is 5.91 Å². The number of rotatable bonds is 2. The van der Waals surface area contributed by atoms with E-state index in [9.17, 15) is 9.59 Å². The molecule has 0 radical (unpaired) electrons. The number of halogens is 1. The minimum atomic E-state index is -0.368. The number of hydrogen-bond donors (Lipinski definition) is 1. The lowest BCUT2D eigenvalue weighted by molar-refractivity contribution is -0.118. The fourth-order valence-electron chi connectivity index (χ4n) is 2.25. The zero-order valence-electron chi connectivity index (χ0n) is 10.1. The average molecular weight is 326 g/mol. The molecule has 1 aromatic rings. The minimum Gasteiger partial charge on any atom is -0.482 e. The number of ether oxygens (including phenoxy) is 2. The number of ketones is 1. The van der Waals surface area contributed by atoms with Gasteiger partial charge in [0.2, 0.25) is 0 Å². The van der Waals surface area contributed by atoms with Gasteiger partial charge in [-0.15, -0.1) is 0 Å². The predicted octanol–water partition coefficient (Wildman–Crippen LogP) is 2.14. The molecular formula is C13H12BrNO4. The van der Waals surface area contributed by atoms with Crippen molar-refractivity contribution in [3.63, 3.8) is 0 Å². The lowest BCUT2D eigenvalue weighted by atomic mass is 10.0. The third kappa shape index (κ3) is 2.37. The van der Waals surface area contributed by atoms with Crippen molar-refractivity contribution < 1.29 is 19.1 Å². The molecule has 0 bridgehead atoms. The van der Waals surface area contributed by atoms with Gasteiger partial charge in [-0.3, -0.25) is 9.59 Å². The molecule has 100 valence electrons. The van der Waals surface area contributed by atoms with Crippen molar-refractivity contribution in [3.8, 4) is 5.75 Å². The van der Waals surface area contributed by atoms with E-state index in [-0.39, 0.29) is 24.4 Å². The summed E-state index contributed by atoms with van der Waals surface area (Å²) < 4.78 is 11.4. The number of amides is 1. The molecule has 0 saturated carbocycles. The quantitative estimate of drug-likeness (QED) is 0.846. The van der Waals surface area contributed by atoms with Crippen LogP contribution in [0.15, 0.2) is 16.6 Å². The molecule has 19 heavy (non-hydrogen) atoms. The molecule has 1 saturated heterocycles. The van der Waals surface area contributed by atoms with Crippen LogP contribution in [0.2, 0.25) is 0 Å². The number of hydrogen-bond acceptors (Lipinski definition) is 4. The summed E-state index contributed by atoms with van der Waals surface area (Å²) in [6, 6.07) is 3.34. The molecule has 1 unspecified atom stereocenters. The molecule has 0 aliphatic carbocycles. The monoisotopic (exact) mass is 325 g/mol. The van der Waals surface area contributed by atoms with E-state index in [1.807, 2.05) is 0 Å². The molecule has 3 rings (SSSR count). The molecule has 0 aromatic heterocycles. The van der Waals surface area contributed by atoms with Crippen LogP contribution in [-0.2, 0) is 9.53 Å². The summed E-state index contributed by atoms with van der Waals surface area (Å²) in [5, 5.41) is 2.70. The van der Waals surface area contributed by atoms with E-state index in [1.54, 1.807) is 12.1 Å². The fourth-order valence-corrected chi connectivity index (χ4v) is 2.79. The van der Waals surface area contributed by atoms with E-state index in [2.05, 4.69) is 21.2 Å². The Morgan fingerprint density at radius 2 is 2.26 bits per heavy atom. The number of benzene rings is 1. The van der Waals surface area contributed by atoms with Crippen LogP contribution >= 0.6 is 15.9 Å². The molecule has 1 N–H and O–H groups in total. The molecule has 1 amide bonds. The van der Waals surface area contributed by atoms with Gasteiger partial charge >= 0.3 is 0 Å². The maximum Gasteiger partial charge on any atom is 0.262 e. The first kappa shape index (κ1) is 12.6. The van der Waals surface area contributed by atoms with Crippen LogP contribution in [0.25, 0.3) is 0 Å². The van der Waals surface area contributed by atoms with Crippen LogP contribution in [0.4, 0.5) is 5.69 Å². The highest BCUT2D eigenvalue weighted by Gasteiger charge is 2.28. The molecule has 1 atom stereocenters. The summed E-state index contributed by atoms with van der Waals surface area (Å²) >= 11 is 3.36. The fraction of sp³-hybridized carbons (Fsp3) is 0.385. The molecule has 6 heteroatoms. The van der Waals surface area contributed by atoms with Gasteiger partial charge in [-0.1, -0.05) is 0 Å². The topological polar surface area (TPSA) is 64.6 Å². The van der Waals surface area contributed by atoms with Gasteiger partial charge in [0.1, 0.15) is 11.9 Å². The zero-order valence-corrected chi connectivity index (χ0v) is 11.7. The maximum absolute atomic E-state index is 12.3. The Hall–Kier alpha value is -1.40. The third-order valence-electron chi connectivity index (χ3n) is 3.19. The Morgan fingerprint density at radius 3 is 3.00 bits per heavy atom. The van der Waals surface area contributed by atoms with E-state index < -0.39 is 0 Å². The van der Waals surface area contributed by atoms with Gasteiger partial charge in [0, 0.05) is 16.6 Å². The molecule has 5 nitrogen and oxygen atoms in total. The van der Waals surface area contributed by atoms with E-state index in [4.69, 9.17) is 9.47 Å². The zero-order chi connectivity index (χ0) is 13.4. The second-order valence-corrected chi connectivity index (χ2v) is 5.39. The van der Waals surface area contributed by atoms with Crippen molar-refractivity contribution in [3.05, 3.63) is 22.2 Å². The Balaban J connectivity index is 1.94. The van der Waals surface area contributed by atoms with Crippen LogP contribution in [0.1, 0.15) is 23.2 Å². The summed E-state index contributed by atoms with van der Waals surface area (Å²) in [6.45, 7) is 0.605. The highest BCUT2D eigenvalue weighted by Crippen LogP contribution is 2.35. The first-order valence-electron chi connectivity index (χ1n) is 6.07. The van der Waals surface area contributed by atoms with E-state index in [1.165, 1.54) is 0 Å². The van der Waals surface area contributed by atoms with E-state index >= 15 is 0 Å². The maximum atomic E-state index is 12.3. The second kappa shape index (κ2) is 4.94. The highest BCUT2D eigenvalue weighted by atomic mass is 79.9. The molecule has 2 aliphatic heterocycles. The lowest BCUT2D eigenvalue weighted by Crippen LogP contribution is -2.26. The summed E-state index contributed by atoms with van der Waals surface area (Å²) in [7, 11) is 0. The van der Waals surface area contributed by atoms with Gasteiger partial charge in [0.05, 0.1) is 5.69 Å². The SMILES string of the molecule is O=C1COc2cc(C(=O)C3CCCO3)c(Br)cc2N1. The van der Waals surface area contributed by atoms with Gasteiger partial charge < -0.3 is 14.8 Å². The minimum absolute atomic E-state index is 0.0256. The van der Waals surface area contributed by atoms with Gasteiger partial charge in [-0.05, 0) is 40.9 Å². The summed E-state index contributed by atoms with van der Waals surface area (Å²) in [5.41, 5.74) is 1.11. The number of carbonyl (C=O) groups excluding carboxylic acids is 2. The Labute approximate surface area is 118 Å². The second-order valence-electron chi connectivity index (χ2n) is 4.53. The number of fused-ring (bicyclic) bond motifs is 1. The van der Waals surface area contributed by atoms with Gasteiger partial charge in [0.15, 0.2) is 12.4 Å². The molecule has 0 spiro atoms. The molecule has 1 fully saturated rings. The Morgan fingerprint density at radius 1 is 1.42 bits per heavy atom. The number of anilines is 1. The summed E-state index contributed by atoms with van der Waals surface area (Å²) in [6.07, 6.45) is 1.29. The normalized spacial score (nSPS) is 21.5. The van der Waals surface area contributed by atoms with Crippen molar-refractivity contribution in [2.45, 2.75) is 18.9 Å². The summed E-state index contributed by atoms with van der Waals surface area (Å²) in [5.74, 6) is 0.273.